The molecule has 5 rings (SSSR count). The molecule has 0 saturated carbocycles. The number of aryl methyl sites for hydroxylation is 2. The fourth-order valence-electron chi connectivity index (χ4n) is 4.17. The van der Waals surface area contributed by atoms with E-state index in [1.807, 2.05) is 12.1 Å². The largest absolute Gasteiger partial charge is 1.00 e. The fourth-order valence-corrected chi connectivity index (χ4v) is 5.20. The minimum absolute atomic E-state index is 0. The minimum atomic E-state index is -3.22. The molecule has 5 aromatic heterocycles. The average molecular weight is 1030 g/mol. The van der Waals surface area contributed by atoms with Gasteiger partial charge in [0.2, 0.25) is 0 Å². The summed E-state index contributed by atoms with van der Waals surface area (Å²) in [5.74, 6) is -0.631. The van der Waals surface area contributed by atoms with Gasteiger partial charge < -0.3 is 26.1 Å². The van der Waals surface area contributed by atoms with Gasteiger partial charge in [0, 0.05) is 59.0 Å². The van der Waals surface area contributed by atoms with Crippen LogP contribution in [-0.2, 0) is 42.4 Å². The molecule has 0 aromatic carbocycles. The summed E-state index contributed by atoms with van der Waals surface area (Å²) >= 11 is 27.0. The third-order valence-corrected chi connectivity index (χ3v) is 7.76. The number of nitrogens with two attached hydrogens (primary N) is 1. The van der Waals surface area contributed by atoms with E-state index < -0.39 is 23.1 Å². The van der Waals surface area contributed by atoms with E-state index in [4.69, 9.17) is 36.3 Å². The van der Waals surface area contributed by atoms with Gasteiger partial charge in [0.25, 0.3) is 0 Å². The number of hydrogen-bond donors (Lipinski definition) is 1. The van der Waals surface area contributed by atoms with E-state index in [2.05, 4.69) is 90.7 Å². The summed E-state index contributed by atoms with van der Waals surface area (Å²) < 4.78 is 33.9. The molecule has 2 N–H and O–H groups in total. The number of carbonyl (C=O) groups excluding carboxylic acids is 3. The zero-order chi connectivity index (χ0) is 42.2. The molecule has 0 radical (unpaired) electrons. The Morgan fingerprint density at radius 3 is 1.91 bits per heavy atom. The van der Waals surface area contributed by atoms with Crippen LogP contribution in [0.2, 0.25) is 5.02 Å². The molecule has 0 spiro atoms. The van der Waals surface area contributed by atoms with Gasteiger partial charge in [0.15, 0.2) is 5.65 Å². The van der Waals surface area contributed by atoms with Crippen LogP contribution in [0.3, 0.4) is 0 Å². The van der Waals surface area contributed by atoms with Gasteiger partial charge in [-0.15, -0.1) is 0 Å². The van der Waals surface area contributed by atoms with E-state index in [1.54, 1.807) is 70.5 Å². The Morgan fingerprint density at radius 2 is 1.40 bits per heavy atom. The Morgan fingerprint density at radius 1 is 0.860 bits per heavy atom. The van der Waals surface area contributed by atoms with Gasteiger partial charge in [0.05, 0.1) is 61.5 Å². The summed E-state index contributed by atoms with van der Waals surface area (Å²) in [5.41, 5.74) is 8.44. The molecule has 57 heavy (non-hydrogen) atoms. The maximum atomic E-state index is 12.4. The molecule has 0 aliphatic carbocycles. The molecule has 0 bridgehead atoms. The van der Waals surface area contributed by atoms with Gasteiger partial charge in [-0.05, 0) is 98.5 Å². The van der Waals surface area contributed by atoms with Gasteiger partial charge in [-0.2, -0.15) is 10.2 Å². The molecule has 24 heteroatoms. The molecule has 0 saturated heterocycles. The van der Waals surface area contributed by atoms with E-state index in [1.165, 1.54) is 24.1 Å². The smallest absolute Gasteiger partial charge is 1.00 e. The average Bonchev–Trinajstić information content (AvgIpc) is 3.67. The van der Waals surface area contributed by atoms with Crippen molar-refractivity contribution in [2.24, 2.45) is 14.1 Å². The molecule has 0 amide bonds. The van der Waals surface area contributed by atoms with Crippen LogP contribution in [-0.4, -0.2) is 79.4 Å². The summed E-state index contributed by atoms with van der Waals surface area (Å²) in [5, 5.41) is 5.61. The second-order valence-electron chi connectivity index (χ2n) is 10.3. The third kappa shape index (κ3) is 17.2. The van der Waals surface area contributed by atoms with Gasteiger partial charge >= 0.3 is 52.7 Å². The number of fused-ring (bicyclic) bond motifs is 1. The van der Waals surface area contributed by atoms with E-state index in [0.717, 1.165) is 8.95 Å². The number of carbonyl (C=O) groups is 3. The molecular weight excluding hydrogens is 992 g/mol. The number of nitrogens with zero attached hydrogens (tertiary/aromatic N) is 7. The van der Waals surface area contributed by atoms with Crippen molar-refractivity contribution in [3.05, 3.63) is 86.0 Å². The first-order chi connectivity index (χ1) is 26.4. The number of pyridine rings is 3. The van der Waals surface area contributed by atoms with Crippen LogP contribution in [0, 0.1) is 0 Å². The predicted octanol–water partition coefficient (Wildman–Crippen LogP) is 6.12. The van der Waals surface area contributed by atoms with Crippen molar-refractivity contribution in [3.63, 3.8) is 0 Å². The number of nitrogen functional groups attached to an aromatic ring is 1. The summed E-state index contributed by atoms with van der Waals surface area (Å²) in [6, 6.07) is 3.62. The normalized spacial score (nSPS) is 10.6. The molecule has 0 fully saturated rings. The maximum Gasteiger partial charge on any atom is 1.00 e. The summed E-state index contributed by atoms with van der Waals surface area (Å²) in [7, 11) is 4.92. The zero-order valence-corrected chi connectivity index (χ0v) is 40.6. The number of ether oxygens (including phenoxy) is 4. The topological polar surface area (TPSA) is 206 Å². The van der Waals surface area contributed by atoms with Gasteiger partial charge in [-0.3, -0.25) is 23.9 Å². The van der Waals surface area contributed by atoms with Crippen molar-refractivity contribution in [1.82, 2.24) is 34.5 Å². The van der Waals surface area contributed by atoms with Crippen LogP contribution in [0.15, 0.2) is 64.3 Å². The third-order valence-electron chi connectivity index (χ3n) is 6.50. The van der Waals surface area contributed by atoms with Crippen molar-refractivity contribution in [3.8, 4) is 11.3 Å². The number of halogens is 6. The first kappa shape index (κ1) is 52.2. The molecule has 304 valence electrons. The number of aromatic nitrogens is 7. The fraction of sp³-hybridized carbons (Fsp3) is 0.273. The van der Waals surface area contributed by atoms with E-state index >= 15 is 0 Å². The molecule has 0 aliphatic heterocycles. The Kier molecular flexibility index (Phi) is 23.5. The molecule has 0 unspecified atom stereocenters. The summed E-state index contributed by atoms with van der Waals surface area (Å²) in [6.45, 7) is 6.15. The zero-order valence-electron chi connectivity index (χ0n) is 32.5. The number of hydrogen-bond acceptors (Lipinski definition) is 14. The Hall–Kier alpha value is -2.77. The second-order valence-corrected chi connectivity index (χ2v) is 19.2. The minimum Gasteiger partial charge on any atom is -1.00 e. The molecule has 5 heterocycles. The maximum absolute atomic E-state index is 12.4. The second kappa shape index (κ2) is 25.7. The number of methoxy groups -OCH3 is 1. The summed E-state index contributed by atoms with van der Waals surface area (Å²) in [4.78, 5) is 47.4. The van der Waals surface area contributed by atoms with Crippen molar-refractivity contribution in [2.45, 2.75) is 20.8 Å². The van der Waals surface area contributed by atoms with Crippen LogP contribution < -0.4 is 35.3 Å². The molecular formula is C33H36Br2Cl4N8NaO8P. The number of rotatable bonds is 9. The van der Waals surface area contributed by atoms with Crippen LogP contribution in [0.4, 0.5) is 5.82 Å². The van der Waals surface area contributed by atoms with Crippen LogP contribution in [0.1, 0.15) is 48.5 Å². The quantitative estimate of drug-likeness (QED) is 0.0441. The standard InChI is InChI=1S/C15H12BrClN4O2.C11H12BrNO3.C7H11N3O2.Cl3OP.Na.H/c1-3-23-15(22)11-12(17)10-7-19-21(2)14(10)20-13(11)8-4-9(16)6-18-5-8;1-3-16-11(14)5-10(15-2)8-4-9(12)7-13-6-8;1-3-12-7(11)5-4-9-10(2)6(5)8;1-5(2,3)4;;/h4-7H,3H2,1-2H3;4-7H,3H2,1-2H3;4H,3,8H2,1-2H3;;;/q;;;;+1;-1. The monoisotopic (exact) mass is 1020 g/mol. The van der Waals surface area contributed by atoms with Crippen molar-refractivity contribution < 1.29 is 68.9 Å². The number of esters is 3. The van der Waals surface area contributed by atoms with E-state index in [-0.39, 0.29) is 48.2 Å². The Balaban J connectivity index is 0.000000816. The predicted molar refractivity (Wildman–Crippen MR) is 224 cm³/mol. The molecule has 5 aromatic rings. The molecule has 16 nitrogen and oxygen atoms in total. The first-order valence-corrected chi connectivity index (χ1v) is 22.2. The van der Waals surface area contributed by atoms with Crippen LogP contribution >= 0.6 is 82.4 Å². The van der Waals surface area contributed by atoms with Gasteiger partial charge in [-0.25, -0.2) is 19.4 Å². The van der Waals surface area contributed by atoms with Gasteiger partial charge in [0.1, 0.15) is 22.7 Å². The van der Waals surface area contributed by atoms with E-state index in [0.29, 0.717) is 58.2 Å². The van der Waals surface area contributed by atoms with Crippen molar-refractivity contribution in [2.75, 3.05) is 32.7 Å². The number of anilines is 1. The molecule has 0 atom stereocenters. The Bertz CT molecular complexity index is 2220. The van der Waals surface area contributed by atoms with Crippen molar-refractivity contribution in [1.29, 1.82) is 0 Å². The first-order valence-electron chi connectivity index (χ1n) is 15.8. The SMILES string of the molecule is CCOC(=O)C=C(OC)c1cncc(Br)c1.CCOC(=O)c1c(-c2cncc(Br)c2)nc2c(cnn2C)c1Cl.CCOC(=O)c1cnn(C)c1N.O=P(Cl)(Cl)Cl.[H-].[Na+]. The van der Waals surface area contributed by atoms with E-state index in [9.17, 15) is 18.9 Å². The molecule has 0 aliphatic rings. The van der Waals surface area contributed by atoms with Crippen LogP contribution in [0.5, 0.6) is 0 Å². The summed E-state index contributed by atoms with van der Waals surface area (Å²) in [6.07, 6.45) is 10.8. The van der Waals surface area contributed by atoms with Crippen molar-refractivity contribution >= 4 is 123 Å². The van der Waals surface area contributed by atoms with Crippen LogP contribution in [0.25, 0.3) is 28.0 Å². The Labute approximate surface area is 387 Å². The van der Waals surface area contributed by atoms with Gasteiger partial charge in [-0.1, -0.05) is 11.6 Å².